The SMILES string of the molecule is CCOc1cccc(C(=O)Nc2ccccc2[N+](=O)[O-])c1. The van der Waals surface area contributed by atoms with Gasteiger partial charge in [-0.2, -0.15) is 0 Å². The molecule has 0 atom stereocenters. The lowest BCUT2D eigenvalue weighted by Gasteiger charge is -2.07. The van der Waals surface area contributed by atoms with Gasteiger partial charge in [0.1, 0.15) is 11.4 Å². The second-order valence-electron chi connectivity index (χ2n) is 4.19. The monoisotopic (exact) mass is 286 g/mol. The molecular formula is C15H14N2O4. The quantitative estimate of drug-likeness (QED) is 0.675. The topological polar surface area (TPSA) is 81.5 Å². The molecule has 2 rings (SSSR count). The molecule has 0 unspecified atom stereocenters. The Bertz CT molecular complexity index is 670. The Morgan fingerprint density at radius 1 is 1.24 bits per heavy atom. The molecule has 0 heterocycles. The third-order valence-corrected chi connectivity index (χ3v) is 2.76. The van der Waals surface area contributed by atoms with Gasteiger partial charge in [0, 0.05) is 11.6 Å². The maximum absolute atomic E-state index is 12.2. The number of carbonyl (C=O) groups is 1. The average Bonchev–Trinajstić information content (AvgIpc) is 2.48. The lowest BCUT2D eigenvalue weighted by atomic mass is 10.2. The van der Waals surface area contributed by atoms with E-state index in [-0.39, 0.29) is 11.4 Å². The lowest BCUT2D eigenvalue weighted by Crippen LogP contribution is -2.13. The number of nitrogens with one attached hydrogen (secondary N) is 1. The van der Waals surface area contributed by atoms with Crippen molar-refractivity contribution >= 4 is 17.3 Å². The number of nitro benzene ring substituents is 1. The van der Waals surface area contributed by atoms with E-state index in [1.54, 1.807) is 36.4 Å². The summed E-state index contributed by atoms with van der Waals surface area (Å²) in [6.45, 7) is 2.34. The largest absolute Gasteiger partial charge is 0.494 e. The van der Waals surface area contributed by atoms with E-state index in [0.717, 1.165) is 0 Å². The zero-order chi connectivity index (χ0) is 15.2. The third kappa shape index (κ3) is 3.56. The van der Waals surface area contributed by atoms with Gasteiger partial charge in [0.05, 0.1) is 11.5 Å². The first-order chi connectivity index (χ1) is 10.1. The minimum absolute atomic E-state index is 0.146. The first-order valence-corrected chi connectivity index (χ1v) is 6.39. The summed E-state index contributed by atoms with van der Waals surface area (Å²) in [7, 11) is 0. The van der Waals surface area contributed by atoms with Crippen molar-refractivity contribution in [1.29, 1.82) is 0 Å². The Labute approximate surface area is 121 Å². The predicted molar refractivity (Wildman–Crippen MR) is 78.7 cm³/mol. The maximum Gasteiger partial charge on any atom is 0.292 e. The minimum atomic E-state index is -0.535. The fraction of sp³-hybridized carbons (Fsp3) is 0.133. The molecule has 108 valence electrons. The molecule has 2 aromatic rings. The van der Waals surface area contributed by atoms with Crippen LogP contribution in [0.25, 0.3) is 0 Å². The molecular weight excluding hydrogens is 272 g/mol. The molecule has 21 heavy (non-hydrogen) atoms. The number of benzene rings is 2. The Hall–Kier alpha value is -2.89. The second kappa shape index (κ2) is 6.51. The molecule has 6 heteroatoms. The van der Waals surface area contributed by atoms with Crippen LogP contribution in [0, 0.1) is 10.1 Å². The first kappa shape index (κ1) is 14.5. The summed E-state index contributed by atoms with van der Waals surface area (Å²) in [6.07, 6.45) is 0. The van der Waals surface area contributed by atoms with E-state index in [1.165, 1.54) is 12.1 Å². The highest BCUT2D eigenvalue weighted by molar-refractivity contribution is 6.05. The second-order valence-corrected chi connectivity index (χ2v) is 4.19. The number of nitro groups is 1. The lowest BCUT2D eigenvalue weighted by molar-refractivity contribution is -0.383. The van der Waals surface area contributed by atoms with Crippen LogP contribution < -0.4 is 10.1 Å². The summed E-state index contributed by atoms with van der Waals surface area (Å²) in [5.41, 5.74) is 0.389. The van der Waals surface area contributed by atoms with Gasteiger partial charge in [-0.1, -0.05) is 18.2 Å². The van der Waals surface area contributed by atoms with E-state index in [2.05, 4.69) is 5.32 Å². The Morgan fingerprint density at radius 2 is 2.00 bits per heavy atom. The van der Waals surface area contributed by atoms with Crippen LogP contribution in [-0.4, -0.2) is 17.4 Å². The van der Waals surface area contributed by atoms with Gasteiger partial charge in [-0.05, 0) is 31.2 Å². The third-order valence-electron chi connectivity index (χ3n) is 2.76. The van der Waals surface area contributed by atoms with Crippen LogP contribution in [0.5, 0.6) is 5.75 Å². The number of nitrogens with zero attached hydrogens (tertiary/aromatic N) is 1. The van der Waals surface area contributed by atoms with E-state index < -0.39 is 10.8 Å². The summed E-state index contributed by atoms with van der Waals surface area (Å²) >= 11 is 0. The molecule has 2 aromatic carbocycles. The van der Waals surface area contributed by atoms with Crippen LogP contribution in [0.3, 0.4) is 0 Å². The van der Waals surface area contributed by atoms with Gasteiger partial charge in [0.15, 0.2) is 0 Å². The number of ether oxygens (including phenoxy) is 1. The number of para-hydroxylation sites is 2. The van der Waals surface area contributed by atoms with Gasteiger partial charge < -0.3 is 10.1 Å². The Morgan fingerprint density at radius 3 is 2.71 bits per heavy atom. The van der Waals surface area contributed by atoms with Gasteiger partial charge in [0.25, 0.3) is 11.6 Å². The predicted octanol–water partition coefficient (Wildman–Crippen LogP) is 3.25. The molecule has 0 saturated heterocycles. The van der Waals surface area contributed by atoms with Gasteiger partial charge >= 0.3 is 0 Å². The highest BCUT2D eigenvalue weighted by Gasteiger charge is 2.15. The molecule has 0 fully saturated rings. The molecule has 0 radical (unpaired) electrons. The summed E-state index contributed by atoms with van der Waals surface area (Å²) in [4.78, 5) is 22.5. The van der Waals surface area contributed by atoms with Crippen LogP contribution in [0.4, 0.5) is 11.4 Å². The van der Waals surface area contributed by atoms with Gasteiger partial charge in [-0.3, -0.25) is 14.9 Å². The number of hydrogen-bond donors (Lipinski definition) is 1. The van der Waals surface area contributed by atoms with Gasteiger partial charge in [-0.15, -0.1) is 0 Å². The highest BCUT2D eigenvalue weighted by atomic mass is 16.6. The van der Waals surface area contributed by atoms with Crippen LogP contribution in [-0.2, 0) is 0 Å². The van der Waals surface area contributed by atoms with Crippen LogP contribution in [0.1, 0.15) is 17.3 Å². The normalized spacial score (nSPS) is 9.95. The molecule has 0 saturated carbocycles. The minimum Gasteiger partial charge on any atom is -0.494 e. The molecule has 0 bridgehead atoms. The van der Waals surface area contributed by atoms with Crippen molar-refractivity contribution in [1.82, 2.24) is 0 Å². The number of rotatable bonds is 5. The molecule has 0 aromatic heterocycles. The zero-order valence-electron chi connectivity index (χ0n) is 11.4. The number of amides is 1. The van der Waals surface area contributed by atoms with Crippen molar-refractivity contribution < 1.29 is 14.5 Å². The van der Waals surface area contributed by atoms with Gasteiger partial charge in [-0.25, -0.2) is 0 Å². The molecule has 0 aliphatic carbocycles. The molecule has 0 aliphatic rings. The summed E-state index contributed by atoms with van der Waals surface area (Å²) < 4.78 is 5.32. The van der Waals surface area contributed by atoms with Crippen molar-refractivity contribution in [3.63, 3.8) is 0 Å². The smallest absolute Gasteiger partial charge is 0.292 e. The molecule has 1 amide bonds. The number of anilines is 1. The van der Waals surface area contributed by atoms with Crippen LogP contribution >= 0.6 is 0 Å². The van der Waals surface area contributed by atoms with Crippen molar-refractivity contribution in [3.8, 4) is 5.75 Å². The molecule has 6 nitrogen and oxygen atoms in total. The van der Waals surface area contributed by atoms with Crippen LogP contribution in [0.15, 0.2) is 48.5 Å². The standard InChI is InChI=1S/C15H14N2O4/c1-2-21-12-7-5-6-11(10-12)15(18)16-13-8-3-4-9-14(13)17(19)20/h3-10H,2H2,1H3,(H,16,18). The van der Waals surface area contributed by atoms with Crippen molar-refractivity contribution in [2.75, 3.05) is 11.9 Å². The summed E-state index contributed by atoms with van der Waals surface area (Å²) in [5, 5.41) is 13.5. The van der Waals surface area contributed by atoms with Crippen LogP contribution in [0.2, 0.25) is 0 Å². The Balaban J connectivity index is 2.22. The zero-order valence-corrected chi connectivity index (χ0v) is 11.4. The first-order valence-electron chi connectivity index (χ1n) is 6.39. The van der Waals surface area contributed by atoms with Crippen molar-refractivity contribution in [2.24, 2.45) is 0 Å². The highest BCUT2D eigenvalue weighted by Crippen LogP contribution is 2.24. The fourth-order valence-corrected chi connectivity index (χ4v) is 1.83. The molecule has 0 aliphatic heterocycles. The van der Waals surface area contributed by atoms with E-state index in [1.807, 2.05) is 6.92 Å². The summed E-state index contributed by atoms with van der Waals surface area (Å²) in [5.74, 6) is 0.151. The van der Waals surface area contributed by atoms with Gasteiger partial charge in [0.2, 0.25) is 0 Å². The summed E-state index contributed by atoms with van der Waals surface area (Å²) in [6, 6.07) is 12.6. The van der Waals surface area contributed by atoms with E-state index >= 15 is 0 Å². The molecule has 0 spiro atoms. The molecule has 1 N–H and O–H groups in total. The maximum atomic E-state index is 12.2. The van der Waals surface area contributed by atoms with E-state index in [0.29, 0.717) is 17.9 Å². The van der Waals surface area contributed by atoms with Crippen molar-refractivity contribution in [2.45, 2.75) is 6.92 Å². The van der Waals surface area contributed by atoms with E-state index in [9.17, 15) is 14.9 Å². The van der Waals surface area contributed by atoms with Crippen molar-refractivity contribution in [3.05, 3.63) is 64.2 Å². The number of hydrogen-bond acceptors (Lipinski definition) is 4. The van der Waals surface area contributed by atoms with E-state index in [4.69, 9.17) is 4.74 Å². The number of carbonyl (C=O) groups excluding carboxylic acids is 1. The average molecular weight is 286 g/mol. The Kier molecular flexibility index (Phi) is 4.50. The fourth-order valence-electron chi connectivity index (χ4n) is 1.83.